The molecule has 1 aromatic carbocycles. The first-order valence-corrected chi connectivity index (χ1v) is 4.63. The second-order valence-corrected chi connectivity index (χ2v) is 3.49. The van der Waals surface area contributed by atoms with Gasteiger partial charge in [-0.15, -0.1) is 0 Å². The van der Waals surface area contributed by atoms with Gasteiger partial charge in [0.2, 0.25) is 0 Å². The van der Waals surface area contributed by atoms with Crippen LogP contribution >= 0.6 is 11.6 Å². The number of benzene rings is 1. The number of nitrogens with zero attached hydrogens (tertiary/aromatic N) is 1. The second kappa shape index (κ2) is 4.94. The van der Waals surface area contributed by atoms with Crippen LogP contribution in [0.25, 0.3) is 0 Å². The van der Waals surface area contributed by atoms with Gasteiger partial charge >= 0.3 is 5.97 Å². The molecule has 84 valence electrons. The molecule has 0 saturated heterocycles. The van der Waals surface area contributed by atoms with Gasteiger partial charge in [-0.3, -0.25) is 0 Å². The number of hydrogen-bond acceptors (Lipinski definition) is 4. The van der Waals surface area contributed by atoms with Crippen LogP contribution in [0, 0.1) is 11.3 Å². The van der Waals surface area contributed by atoms with E-state index >= 15 is 0 Å². The summed E-state index contributed by atoms with van der Waals surface area (Å²) in [6.45, 7) is 0. The van der Waals surface area contributed by atoms with Crippen LogP contribution in [0.4, 0.5) is 0 Å². The van der Waals surface area contributed by atoms with Crippen LogP contribution in [0.1, 0.15) is 17.2 Å². The molecule has 0 bridgehead atoms. The van der Waals surface area contributed by atoms with E-state index in [9.17, 15) is 9.90 Å². The second-order valence-electron chi connectivity index (χ2n) is 3.08. The average molecular weight is 242 g/mol. The van der Waals surface area contributed by atoms with Crippen LogP contribution in [-0.4, -0.2) is 27.4 Å². The molecule has 0 radical (unpaired) electrons. The van der Waals surface area contributed by atoms with Crippen molar-refractivity contribution >= 4 is 17.6 Å². The number of rotatable bonds is 3. The summed E-state index contributed by atoms with van der Waals surface area (Å²) in [5.41, 5.74) is 0.228. The number of aliphatic hydroxyl groups is 2. The van der Waals surface area contributed by atoms with E-state index in [4.69, 9.17) is 27.1 Å². The van der Waals surface area contributed by atoms with Gasteiger partial charge in [0, 0.05) is 0 Å². The summed E-state index contributed by atoms with van der Waals surface area (Å²) >= 11 is 5.66. The van der Waals surface area contributed by atoms with Crippen LogP contribution in [0.3, 0.4) is 0 Å². The quantitative estimate of drug-likeness (QED) is 0.723. The summed E-state index contributed by atoms with van der Waals surface area (Å²) in [5.74, 6) is -1.54. The van der Waals surface area contributed by atoms with E-state index in [1.54, 1.807) is 6.07 Å². The van der Waals surface area contributed by atoms with Gasteiger partial charge in [-0.25, -0.2) is 4.79 Å². The van der Waals surface area contributed by atoms with Crippen molar-refractivity contribution in [3.8, 4) is 6.07 Å². The fourth-order valence-electron chi connectivity index (χ4n) is 1.13. The number of aliphatic hydroxyl groups excluding tert-OH is 2. The van der Waals surface area contributed by atoms with E-state index in [2.05, 4.69) is 0 Å². The van der Waals surface area contributed by atoms with Crippen LogP contribution in [-0.2, 0) is 4.79 Å². The van der Waals surface area contributed by atoms with Crippen molar-refractivity contribution in [1.82, 2.24) is 0 Å². The van der Waals surface area contributed by atoms with E-state index in [1.165, 1.54) is 18.2 Å². The lowest BCUT2D eigenvalue weighted by Gasteiger charge is -2.14. The molecule has 2 unspecified atom stereocenters. The summed E-state index contributed by atoms with van der Waals surface area (Å²) in [6, 6.07) is 5.72. The minimum Gasteiger partial charge on any atom is -0.479 e. The molecule has 0 amide bonds. The summed E-state index contributed by atoms with van der Waals surface area (Å²) in [7, 11) is 0. The summed E-state index contributed by atoms with van der Waals surface area (Å²) in [5, 5.41) is 36.0. The zero-order chi connectivity index (χ0) is 12.3. The third-order valence-corrected chi connectivity index (χ3v) is 2.33. The van der Waals surface area contributed by atoms with Gasteiger partial charge in [0.25, 0.3) is 0 Å². The molecule has 0 aromatic heterocycles. The standard InChI is InChI=1S/C10H8ClNO4/c11-7-2-1-5(3-6(7)4-12)8(13)9(14)10(15)16/h1-3,8-9,13-14H,(H,15,16). The van der Waals surface area contributed by atoms with Crippen molar-refractivity contribution in [2.24, 2.45) is 0 Å². The molecule has 3 N–H and O–H groups in total. The molecule has 0 aliphatic carbocycles. The van der Waals surface area contributed by atoms with Gasteiger partial charge in [0.1, 0.15) is 12.2 Å². The van der Waals surface area contributed by atoms with E-state index in [-0.39, 0.29) is 16.1 Å². The molecule has 1 aromatic rings. The molecular formula is C10H8ClNO4. The number of carboxylic acids is 1. The Labute approximate surface area is 96.1 Å². The lowest BCUT2D eigenvalue weighted by Crippen LogP contribution is -2.27. The average Bonchev–Trinajstić information content (AvgIpc) is 2.27. The highest BCUT2D eigenvalue weighted by Gasteiger charge is 2.25. The fourth-order valence-corrected chi connectivity index (χ4v) is 1.29. The number of aliphatic carboxylic acids is 1. The lowest BCUT2D eigenvalue weighted by molar-refractivity contribution is -0.153. The minimum absolute atomic E-state index is 0.107. The van der Waals surface area contributed by atoms with E-state index < -0.39 is 18.2 Å². The Morgan fingerprint density at radius 3 is 2.56 bits per heavy atom. The minimum atomic E-state index is -1.94. The molecule has 0 fully saturated rings. The molecule has 0 spiro atoms. The Bertz CT molecular complexity index is 455. The number of carboxylic acid groups (broad SMARTS) is 1. The maximum absolute atomic E-state index is 10.4. The van der Waals surface area contributed by atoms with Gasteiger partial charge in [0.05, 0.1) is 10.6 Å². The van der Waals surface area contributed by atoms with E-state index in [0.29, 0.717) is 0 Å². The first-order chi connectivity index (χ1) is 7.47. The number of nitriles is 1. The molecular weight excluding hydrogens is 234 g/mol. The van der Waals surface area contributed by atoms with Gasteiger partial charge < -0.3 is 15.3 Å². The lowest BCUT2D eigenvalue weighted by atomic mass is 10.0. The molecule has 0 heterocycles. The van der Waals surface area contributed by atoms with Crippen molar-refractivity contribution in [2.75, 3.05) is 0 Å². The summed E-state index contributed by atoms with van der Waals surface area (Å²) < 4.78 is 0. The zero-order valence-corrected chi connectivity index (χ0v) is 8.72. The topological polar surface area (TPSA) is 102 Å². The van der Waals surface area contributed by atoms with Gasteiger partial charge in [-0.2, -0.15) is 5.26 Å². The molecule has 16 heavy (non-hydrogen) atoms. The monoisotopic (exact) mass is 241 g/mol. The third kappa shape index (κ3) is 2.49. The predicted molar refractivity (Wildman–Crippen MR) is 54.8 cm³/mol. The highest BCUT2D eigenvalue weighted by molar-refractivity contribution is 6.31. The first-order valence-electron chi connectivity index (χ1n) is 4.26. The highest BCUT2D eigenvalue weighted by Crippen LogP contribution is 2.23. The summed E-state index contributed by atoms with van der Waals surface area (Å²) in [4.78, 5) is 10.4. The van der Waals surface area contributed by atoms with Crippen LogP contribution < -0.4 is 0 Å². The van der Waals surface area contributed by atoms with Crippen LogP contribution in [0.2, 0.25) is 5.02 Å². The van der Waals surface area contributed by atoms with Crippen molar-refractivity contribution in [3.63, 3.8) is 0 Å². The van der Waals surface area contributed by atoms with Crippen LogP contribution in [0.15, 0.2) is 18.2 Å². The Hall–Kier alpha value is -1.61. The maximum Gasteiger partial charge on any atom is 0.335 e. The fraction of sp³-hybridized carbons (Fsp3) is 0.200. The Balaban J connectivity index is 3.06. The van der Waals surface area contributed by atoms with Crippen molar-refractivity contribution in [2.45, 2.75) is 12.2 Å². The Morgan fingerprint density at radius 1 is 1.44 bits per heavy atom. The van der Waals surface area contributed by atoms with E-state index in [1.807, 2.05) is 0 Å². The van der Waals surface area contributed by atoms with Crippen molar-refractivity contribution < 1.29 is 20.1 Å². The van der Waals surface area contributed by atoms with Gasteiger partial charge in [-0.1, -0.05) is 17.7 Å². The summed E-state index contributed by atoms with van der Waals surface area (Å²) in [6.07, 6.45) is -3.53. The molecule has 2 atom stereocenters. The number of halogens is 1. The Kier molecular flexibility index (Phi) is 3.85. The maximum atomic E-state index is 10.4. The SMILES string of the molecule is N#Cc1cc(C(O)C(O)C(=O)O)ccc1Cl. The van der Waals surface area contributed by atoms with Crippen molar-refractivity contribution in [3.05, 3.63) is 34.3 Å². The predicted octanol–water partition coefficient (Wildman–Crippen LogP) is 0.691. The van der Waals surface area contributed by atoms with Gasteiger partial charge in [0.15, 0.2) is 6.10 Å². The zero-order valence-electron chi connectivity index (χ0n) is 7.96. The number of carbonyl (C=O) groups is 1. The molecule has 0 aliphatic heterocycles. The van der Waals surface area contributed by atoms with Gasteiger partial charge in [-0.05, 0) is 17.7 Å². The number of hydrogen-bond donors (Lipinski definition) is 3. The Morgan fingerprint density at radius 2 is 2.06 bits per heavy atom. The smallest absolute Gasteiger partial charge is 0.335 e. The molecule has 6 heteroatoms. The molecule has 1 rings (SSSR count). The van der Waals surface area contributed by atoms with Crippen LogP contribution in [0.5, 0.6) is 0 Å². The van der Waals surface area contributed by atoms with Crippen molar-refractivity contribution in [1.29, 1.82) is 5.26 Å². The largest absolute Gasteiger partial charge is 0.479 e. The third-order valence-electron chi connectivity index (χ3n) is 2.00. The first kappa shape index (κ1) is 12.5. The highest BCUT2D eigenvalue weighted by atomic mass is 35.5. The molecule has 0 saturated carbocycles. The molecule has 5 nitrogen and oxygen atoms in total. The normalized spacial score (nSPS) is 13.9. The van der Waals surface area contributed by atoms with E-state index in [0.717, 1.165) is 0 Å². The molecule has 0 aliphatic rings.